The highest BCUT2D eigenvalue weighted by Gasteiger charge is 2.12. The summed E-state index contributed by atoms with van der Waals surface area (Å²) < 4.78 is 10.4. The van der Waals surface area contributed by atoms with E-state index in [0.717, 1.165) is 0 Å². The number of amides is 1. The SMILES string of the molecule is COc1ccc(C(=O)NC[C@H](C)c2ccccc2)cc1OC. The maximum absolute atomic E-state index is 12.2. The van der Waals surface area contributed by atoms with Gasteiger partial charge < -0.3 is 14.8 Å². The number of hydrogen-bond donors (Lipinski definition) is 1. The number of hydrogen-bond acceptors (Lipinski definition) is 3. The van der Waals surface area contributed by atoms with Crippen molar-refractivity contribution in [3.05, 3.63) is 59.7 Å². The molecule has 2 aromatic carbocycles. The molecule has 0 radical (unpaired) electrons. The van der Waals surface area contributed by atoms with Gasteiger partial charge in [0.05, 0.1) is 14.2 Å². The molecule has 1 atom stereocenters. The van der Waals surface area contributed by atoms with Crippen LogP contribution in [0, 0.1) is 0 Å². The van der Waals surface area contributed by atoms with E-state index in [1.807, 2.05) is 18.2 Å². The summed E-state index contributed by atoms with van der Waals surface area (Å²) in [5.41, 5.74) is 1.76. The maximum Gasteiger partial charge on any atom is 0.251 e. The Morgan fingerprint density at radius 2 is 1.73 bits per heavy atom. The molecule has 0 bridgehead atoms. The van der Waals surface area contributed by atoms with E-state index in [4.69, 9.17) is 9.47 Å². The molecule has 0 saturated heterocycles. The largest absolute Gasteiger partial charge is 0.493 e. The quantitative estimate of drug-likeness (QED) is 0.891. The minimum Gasteiger partial charge on any atom is -0.493 e. The first-order valence-electron chi connectivity index (χ1n) is 7.21. The molecule has 0 aromatic heterocycles. The summed E-state index contributed by atoms with van der Waals surface area (Å²) in [6.07, 6.45) is 0. The van der Waals surface area contributed by atoms with Crippen molar-refractivity contribution in [3.8, 4) is 11.5 Å². The van der Waals surface area contributed by atoms with E-state index in [1.165, 1.54) is 5.56 Å². The number of ether oxygens (including phenoxy) is 2. The van der Waals surface area contributed by atoms with Gasteiger partial charge in [-0.1, -0.05) is 37.3 Å². The molecule has 1 amide bonds. The number of carbonyl (C=O) groups excluding carboxylic acids is 1. The van der Waals surface area contributed by atoms with Gasteiger partial charge in [-0.15, -0.1) is 0 Å². The zero-order valence-electron chi connectivity index (χ0n) is 13.1. The molecule has 116 valence electrons. The van der Waals surface area contributed by atoms with Crippen LogP contribution in [0.1, 0.15) is 28.8 Å². The van der Waals surface area contributed by atoms with Crippen LogP contribution in [-0.4, -0.2) is 26.7 Å². The van der Waals surface area contributed by atoms with Crippen molar-refractivity contribution in [1.29, 1.82) is 0 Å². The highest BCUT2D eigenvalue weighted by molar-refractivity contribution is 5.94. The lowest BCUT2D eigenvalue weighted by Gasteiger charge is -2.14. The fraction of sp³-hybridized carbons (Fsp3) is 0.278. The average Bonchev–Trinajstić information content (AvgIpc) is 2.59. The molecule has 2 rings (SSSR count). The summed E-state index contributed by atoms with van der Waals surface area (Å²) in [5, 5.41) is 2.95. The van der Waals surface area contributed by atoms with Crippen molar-refractivity contribution >= 4 is 5.91 Å². The Labute approximate surface area is 131 Å². The smallest absolute Gasteiger partial charge is 0.251 e. The number of rotatable bonds is 6. The second-order valence-electron chi connectivity index (χ2n) is 5.09. The number of benzene rings is 2. The van der Waals surface area contributed by atoms with E-state index < -0.39 is 0 Å². The fourth-order valence-electron chi connectivity index (χ4n) is 2.22. The molecule has 1 N–H and O–H groups in total. The van der Waals surface area contributed by atoms with Crippen molar-refractivity contribution in [3.63, 3.8) is 0 Å². The molecular formula is C18H21NO3. The molecule has 0 spiro atoms. The van der Waals surface area contributed by atoms with Crippen LogP contribution < -0.4 is 14.8 Å². The van der Waals surface area contributed by atoms with E-state index in [1.54, 1.807) is 32.4 Å². The van der Waals surface area contributed by atoms with Crippen LogP contribution in [0.15, 0.2) is 48.5 Å². The van der Waals surface area contributed by atoms with Gasteiger partial charge in [-0.3, -0.25) is 4.79 Å². The summed E-state index contributed by atoms with van der Waals surface area (Å²) in [6.45, 7) is 2.67. The highest BCUT2D eigenvalue weighted by atomic mass is 16.5. The Balaban J connectivity index is 2.00. The lowest BCUT2D eigenvalue weighted by molar-refractivity contribution is 0.0951. The van der Waals surface area contributed by atoms with Gasteiger partial charge in [0.1, 0.15) is 0 Å². The van der Waals surface area contributed by atoms with Gasteiger partial charge in [0.15, 0.2) is 11.5 Å². The van der Waals surface area contributed by atoms with Crippen LogP contribution in [-0.2, 0) is 0 Å². The lowest BCUT2D eigenvalue weighted by atomic mass is 10.0. The number of nitrogens with one attached hydrogen (secondary N) is 1. The molecule has 0 heterocycles. The third-order valence-corrected chi connectivity index (χ3v) is 3.58. The van der Waals surface area contributed by atoms with Crippen LogP contribution in [0.4, 0.5) is 0 Å². The van der Waals surface area contributed by atoms with E-state index in [-0.39, 0.29) is 11.8 Å². The van der Waals surface area contributed by atoms with Gasteiger partial charge in [0, 0.05) is 12.1 Å². The Hall–Kier alpha value is -2.49. The molecule has 0 aliphatic carbocycles. The normalized spacial score (nSPS) is 11.6. The zero-order chi connectivity index (χ0) is 15.9. The first-order valence-corrected chi connectivity index (χ1v) is 7.21. The Bertz CT molecular complexity index is 625. The van der Waals surface area contributed by atoms with Crippen molar-refractivity contribution < 1.29 is 14.3 Å². The van der Waals surface area contributed by atoms with E-state index in [9.17, 15) is 4.79 Å². The van der Waals surface area contributed by atoms with Crippen molar-refractivity contribution in [2.75, 3.05) is 20.8 Å². The maximum atomic E-state index is 12.2. The third-order valence-electron chi connectivity index (χ3n) is 3.58. The summed E-state index contributed by atoms with van der Waals surface area (Å²) in [6, 6.07) is 15.3. The third kappa shape index (κ3) is 3.79. The van der Waals surface area contributed by atoms with Gasteiger partial charge in [-0.25, -0.2) is 0 Å². The Morgan fingerprint density at radius 1 is 1.05 bits per heavy atom. The van der Waals surface area contributed by atoms with Crippen LogP contribution >= 0.6 is 0 Å². The van der Waals surface area contributed by atoms with Crippen LogP contribution in [0.25, 0.3) is 0 Å². The predicted octanol–water partition coefficient (Wildman–Crippen LogP) is 3.24. The van der Waals surface area contributed by atoms with Crippen LogP contribution in [0.2, 0.25) is 0 Å². The molecule has 0 aliphatic heterocycles. The summed E-state index contributed by atoms with van der Waals surface area (Å²) in [7, 11) is 3.12. The molecule has 2 aromatic rings. The molecule has 0 aliphatic rings. The van der Waals surface area contributed by atoms with Gasteiger partial charge in [-0.2, -0.15) is 0 Å². The number of carbonyl (C=O) groups is 1. The monoisotopic (exact) mass is 299 g/mol. The zero-order valence-corrected chi connectivity index (χ0v) is 13.1. The van der Waals surface area contributed by atoms with Gasteiger partial charge >= 0.3 is 0 Å². The minimum atomic E-state index is -0.122. The van der Waals surface area contributed by atoms with E-state index in [2.05, 4.69) is 24.4 Å². The predicted molar refractivity (Wildman–Crippen MR) is 86.7 cm³/mol. The topological polar surface area (TPSA) is 47.6 Å². The van der Waals surface area contributed by atoms with Crippen molar-refractivity contribution in [1.82, 2.24) is 5.32 Å². The first kappa shape index (κ1) is 15.9. The first-order chi connectivity index (χ1) is 10.7. The average molecular weight is 299 g/mol. The van der Waals surface area contributed by atoms with Crippen molar-refractivity contribution in [2.24, 2.45) is 0 Å². The van der Waals surface area contributed by atoms with Crippen LogP contribution in [0.5, 0.6) is 11.5 Å². The molecule has 0 unspecified atom stereocenters. The van der Waals surface area contributed by atoms with E-state index in [0.29, 0.717) is 23.6 Å². The Kier molecular flexibility index (Phi) is 5.42. The fourth-order valence-corrected chi connectivity index (χ4v) is 2.22. The molecular weight excluding hydrogens is 278 g/mol. The van der Waals surface area contributed by atoms with Gasteiger partial charge in [0.2, 0.25) is 0 Å². The lowest BCUT2D eigenvalue weighted by Crippen LogP contribution is -2.27. The molecule has 0 saturated carbocycles. The van der Waals surface area contributed by atoms with Gasteiger partial charge in [-0.05, 0) is 29.7 Å². The summed E-state index contributed by atoms with van der Waals surface area (Å²) in [4.78, 5) is 12.2. The molecule has 4 heteroatoms. The summed E-state index contributed by atoms with van der Waals surface area (Å²) >= 11 is 0. The summed E-state index contributed by atoms with van der Waals surface area (Å²) in [5.74, 6) is 1.29. The van der Waals surface area contributed by atoms with E-state index >= 15 is 0 Å². The minimum absolute atomic E-state index is 0.122. The van der Waals surface area contributed by atoms with Gasteiger partial charge in [0.25, 0.3) is 5.91 Å². The van der Waals surface area contributed by atoms with Crippen molar-refractivity contribution in [2.45, 2.75) is 12.8 Å². The molecule has 4 nitrogen and oxygen atoms in total. The number of methoxy groups -OCH3 is 2. The molecule has 0 fully saturated rings. The standard InChI is InChI=1S/C18H21NO3/c1-13(14-7-5-4-6-8-14)12-19-18(20)15-9-10-16(21-2)17(11-15)22-3/h4-11,13H,12H2,1-3H3,(H,19,20)/t13-/m0/s1. The highest BCUT2D eigenvalue weighted by Crippen LogP contribution is 2.27. The Morgan fingerprint density at radius 3 is 2.36 bits per heavy atom. The second-order valence-corrected chi connectivity index (χ2v) is 5.09. The second kappa shape index (κ2) is 7.50. The van der Waals surface area contributed by atoms with Crippen LogP contribution in [0.3, 0.4) is 0 Å². The molecule has 22 heavy (non-hydrogen) atoms.